The van der Waals surface area contributed by atoms with E-state index in [0.717, 1.165) is 28.1 Å². The molecule has 0 atom stereocenters. The number of nitriles is 1. The molecule has 0 spiro atoms. The number of fused-ring (bicyclic) bond motifs is 1. The minimum Gasteiger partial charge on any atom is -0.326 e. The number of para-hydroxylation sites is 2. The summed E-state index contributed by atoms with van der Waals surface area (Å²) < 4.78 is 2.04. The van der Waals surface area contributed by atoms with Gasteiger partial charge in [-0.2, -0.15) is 5.26 Å². The van der Waals surface area contributed by atoms with Gasteiger partial charge in [0.2, 0.25) is 0 Å². The van der Waals surface area contributed by atoms with E-state index >= 15 is 0 Å². The number of hydrogen-bond acceptors (Lipinski definition) is 3. The number of hydrogen-bond donors (Lipinski definition) is 1. The molecule has 0 saturated heterocycles. The van der Waals surface area contributed by atoms with Gasteiger partial charge in [-0.15, -0.1) is 0 Å². The molecule has 0 aliphatic carbocycles. The number of nitrogens with zero attached hydrogens (tertiary/aromatic N) is 3. The fraction of sp³-hybridized carbons (Fsp3) is 0.176. The van der Waals surface area contributed by atoms with Gasteiger partial charge in [0, 0.05) is 6.54 Å². The van der Waals surface area contributed by atoms with Crippen molar-refractivity contribution in [3.8, 4) is 11.8 Å². The maximum absolute atomic E-state index is 9.06. The summed E-state index contributed by atoms with van der Waals surface area (Å²) in [6.07, 6.45) is 0.270. The molecule has 21 heavy (non-hydrogen) atoms. The van der Waals surface area contributed by atoms with E-state index in [1.807, 2.05) is 41.8 Å². The van der Waals surface area contributed by atoms with E-state index in [2.05, 4.69) is 23.2 Å². The Morgan fingerprint density at radius 3 is 2.81 bits per heavy atom. The Balaban J connectivity index is 2.33. The van der Waals surface area contributed by atoms with Crippen molar-refractivity contribution >= 4 is 11.0 Å². The lowest BCUT2D eigenvalue weighted by molar-refractivity contribution is 0.925. The highest BCUT2D eigenvalue weighted by molar-refractivity contribution is 5.78. The van der Waals surface area contributed by atoms with E-state index in [4.69, 9.17) is 11.0 Å². The van der Waals surface area contributed by atoms with Crippen LogP contribution in [-0.2, 0) is 13.0 Å². The molecule has 2 aromatic carbocycles. The summed E-state index contributed by atoms with van der Waals surface area (Å²) in [5.74, 6) is 0.747. The SMILES string of the molecule is Cc1ccc(-n2c(CC#N)nc3ccccc32)c(CN)c1. The summed E-state index contributed by atoms with van der Waals surface area (Å²) in [4.78, 5) is 4.58. The highest BCUT2D eigenvalue weighted by Gasteiger charge is 2.14. The van der Waals surface area contributed by atoms with Crippen molar-refractivity contribution in [2.75, 3.05) is 0 Å². The van der Waals surface area contributed by atoms with Gasteiger partial charge in [-0.3, -0.25) is 4.57 Å². The number of rotatable bonds is 3. The molecule has 3 aromatic rings. The van der Waals surface area contributed by atoms with Gasteiger partial charge in [-0.25, -0.2) is 4.98 Å². The molecular formula is C17H16N4. The van der Waals surface area contributed by atoms with Gasteiger partial charge in [0.05, 0.1) is 29.2 Å². The molecule has 1 aromatic heterocycles. The van der Waals surface area contributed by atoms with Gasteiger partial charge in [0.1, 0.15) is 5.82 Å². The minimum atomic E-state index is 0.270. The normalized spacial score (nSPS) is 10.7. The lowest BCUT2D eigenvalue weighted by atomic mass is 10.1. The first kappa shape index (κ1) is 13.3. The van der Waals surface area contributed by atoms with E-state index < -0.39 is 0 Å². The van der Waals surface area contributed by atoms with E-state index in [9.17, 15) is 0 Å². The fourth-order valence-corrected chi connectivity index (χ4v) is 2.63. The molecule has 4 heteroatoms. The number of imidazole rings is 1. The summed E-state index contributed by atoms with van der Waals surface area (Å²) in [6, 6.07) is 16.3. The van der Waals surface area contributed by atoms with Crippen molar-refractivity contribution in [1.82, 2.24) is 9.55 Å². The molecule has 1 heterocycles. The average Bonchev–Trinajstić information content (AvgIpc) is 2.85. The van der Waals surface area contributed by atoms with Crippen LogP contribution in [0.4, 0.5) is 0 Å². The zero-order chi connectivity index (χ0) is 14.8. The van der Waals surface area contributed by atoms with Crippen LogP contribution in [0, 0.1) is 18.3 Å². The summed E-state index contributed by atoms with van der Waals surface area (Å²) >= 11 is 0. The van der Waals surface area contributed by atoms with Crippen molar-refractivity contribution in [2.24, 2.45) is 5.73 Å². The number of aromatic nitrogens is 2. The van der Waals surface area contributed by atoms with Crippen LogP contribution in [0.5, 0.6) is 0 Å². The molecule has 104 valence electrons. The molecule has 4 nitrogen and oxygen atoms in total. The van der Waals surface area contributed by atoms with Gasteiger partial charge < -0.3 is 5.73 Å². The number of aryl methyl sites for hydroxylation is 1. The van der Waals surface area contributed by atoms with Crippen LogP contribution in [0.1, 0.15) is 17.0 Å². The highest BCUT2D eigenvalue weighted by Crippen LogP contribution is 2.25. The van der Waals surface area contributed by atoms with Crippen LogP contribution in [0.25, 0.3) is 16.7 Å². The van der Waals surface area contributed by atoms with Crippen LogP contribution in [0.15, 0.2) is 42.5 Å². The van der Waals surface area contributed by atoms with E-state index in [0.29, 0.717) is 6.54 Å². The van der Waals surface area contributed by atoms with Crippen LogP contribution >= 0.6 is 0 Å². The topological polar surface area (TPSA) is 67.6 Å². The molecule has 0 aliphatic rings. The maximum atomic E-state index is 9.06. The largest absolute Gasteiger partial charge is 0.326 e. The van der Waals surface area contributed by atoms with E-state index in [1.54, 1.807) is 0 Å². The first-order valence-corrected chi connectivity index (χ1v) is 6.88. The van der Waals surface area contributed by atoms with Crippen LogP contribution in [-0.4, -0.2) is 9.55 Å². The van der Waals surface area contributed by atoms with Gasteiger partial charge >= 0.3 is 0 Å². The lowest BCUT2D eigenvalue weighted by Crippen LogP contribution is -2.07. The predicted octanol–water partition coefficient (Wildman–Crippen LogP) is 2.86. The Hall–Kier alpha value is -2.64. The predicted molar refractivity (Wildman–Crippen MR) is 83.0 cm³/mol. The van der Waals surface area contributed by atoms with Crippen LogP contribution in [0.2, 0.25) is 0 Å². The summed E-state index contributed by atoms with van der Waals surface area (Å²) in [6.45, 7) is 2.50. The molecule has 0 fully saturated rings. The monoisotopic (exact) mass is 276 g/mol. The first-order valence-electron chi connectivity index (χ1n) is 6.88. The highest BCUT2D eigenvalue weighted by atomic mass is 15.1. The average molecular weight is 276 g/mol. The summed E-state index contributed by atoms with van der Waals surface area (Å²) in [7, 11) is 0. The Morgan fingerprint density at radius 1 is 1.24 bits per heavy atom. The third-order valence-electron chi connectivity index (χ3n) is 3.56. The Bertz CT molecular complexity index is 840. The quantitative estimate of drug-likeness (QED) is 0.799. The summed E-state index contributed by atoms with van der Waals surface area (Å²) in [5.41, 5.74) is 11.0. The smallest absolute Gasteiger partial charge is 0.128 e. The molecule has 0 radical (unpaired) electrons. The second-order valence-corrected chi connectivity index (χ2v) is 5.02. The molecule has 2 N–H and O–H groups in total. The number of nitrogens with two attached hydrogens (primary N) is 1. The van der Waals surface area contributed by atoms with Crippen molar-refractivity contribution in [3.05, 3.63) is 59.4 Å². The zero-order valence-corrected chi connectivity index (χ0v) is 11.9. The molecule has 0 bridgehead atoms. The van der Waals surface area contributed by atoms with Gasteiger partial charge in [-0.1, -0.05) is 29.8 Å². The third-order valence-corrected chi connectivity index (χ3v) is 3.56. The van der Waals surface area contributed by atoms with Crippen molar-refractivity contribution in [2.45, 2.75) is 19.9 Å². The van der Waals surface area contributed by atoms with Crippen LogP contribution in [0.3, 0.4) is 0 Å². The first-order chi connectivity index (χ1) is 10.2. The van der Waals surface area contributed by atoms with Gasteiger partial charge in [0.15, 0.2) is 0 Å². The maximum Gasteiger partial charge on any atom is 0.128 e. The molecule has 0 amide bonds. The third kappa shape index (κ3) is 2.28. The van der Waals surface area contributed by atoms with Gasteiger partial charge in [0.25, 0.3) is 0 Å². The van der Waals surface area contributed by atoms with Crippen LogP contribution < -0.4 is 5.73 Å². The van der Waals surface area contributed by atoms with Crippen molar-refractivity contribution in [1.29, 1.82) is 5.26 Å². The van der Waals surface area contributed by atoms with E-state index in [-0.39, 0.29) is 6.42 Å². The molecule has 0 aliphatic heterocycles. The zero-order valence-electron chi connectivity index (χ0n) is 11.9. The Labute approximate surface area is 123 Å². The fourth-order valence-electron chi connectivity index (χ4n) is 2.63. The minimum absolute atomic E-state index is 0.270. The van der Waals surface area contributed by atoms with E-state index in [1.165, 1.54) is 5.56 Å². The summed E-state index contributed by atoms with van der Waals surface area (Å²) in [5, 5.41) is 9.06. The molecule has 0 saturated carbocycles. The second-order valence-electron chi connectivity index (χ2n) is 5.02. The number of benzene rings is 2. The standard InChI is InChI=1S/C17H16N4/c1-12-6-7-15(13(10-12)11-19)21-16-5-3-2-4-14(16)20-17(21)8-9-18/h2-7,10H,8,11,19H2,1H3. The van der Waals surface area contributed by atoms with Crippen molar-refractivity contribution < 1.29 is 0 Å². The molecular weight excluding hydrogens is 260 g/mol. The Morgan fingerprint density at radius 2 is 2.05 bits per heavy atom. The molecule has 0 unspecified atom stereocenters. The lowest BCUT2D eigenvalue weighted by Gasteiger charge is -2.13. The Kier molecular flexibility index (Phi) is 3.43. The van der Waals surface area contributed by atoms with Gasteiger partial charge in [-0.05, 0) is 30.7 Å². The second kappa shape index (κ2) is 5.39. The molecule has 3 rings (SSSR count). The van der Waals surface area contributed by atoms with Crippen molar-refractivity contribution in [3.63, 3.8) is 0 Å².